The summed E-state index contributed by atoms with van der Waals surface area (Å²) in [6.07, 6.45) is 3.25. The number of nitrogen functional groups attached to an aromatic ring is 1. The van der Waals surface area contributed by atoms with Gasteiger partial charge in [0.25, 0.3) is 0 Å². The normalized spacial score (nSPS) is 27.1. The molecule has 2 rings (SSSR count). The molecule has 0 saturated heterocycles. The first-order chi connectivity index (χ1) is 8.49. The van der Waals surface area contributed by atoms with Crippen LogP contribution < -0.4 is 11.1 Å². The van der Waals surface area contributed by atoms with Crippen LogP contribution >= 0.6 is 0 Å². The molecule has 1 fully saturated rings. The van der Waals surface area contributed by atoms with Gasteiger partial charge >= 0.3 is 5.69 Å². The summed E-state index contributed by atoms with van der Waals surface area (Å²) < 4.78 is 0. The van der Waals surface area contributed by atoms with Crippen molar-refractivity contribution in [1.29, 1.82) is 0 Å². The maximum absolute atomic E-state index is 10.9. The van der Waals surface area contributed by atoms with Crippen LogP contribution in [-0.4, -0.2) is 20.9 Å². The summed E-state index contributed by atoms with van der Waals surface area (Å²) in [4.78, 5) is 18.0. The zero-order chi connectivity index (χ0) is 13.3. The van der Waals surface area contributed by atoms with Crippen LogP contribution in [0, 0.1) is 22.0 Å². The summed E-state index contributed by atoms with van der Waals surface area (Å²) >= 11 is 0. The van der Waals surface area contributed by atoms with Gasteiger partial charge in [-0.05, 0) is 24.7 Å². The van der Waals surface area contributed by atoms with Crippen molar-refractivity contribution in [2.45, 2.75) is 32.7 Å². The van der Waals surface area contributed by atoms with E-state index in [4.69, 9.17) is 5.73 Å². The molecular weight excluding hydrogens is 234 g/mol. The molecular formula is C11H17N5O2. The molecule has 3 unspecified atom stereocenters. The van der Waals surface area contributed by atoms with Gasteiger partial charge in [-0.2, -0.15) is 4.98 Å². The zero-order valence-electron chi connectivity index (χ0n) is 10.5. The van der Waals surface area contributed by atoms with E-state index in [1.807, 2.05) is 0 Å². The molecule has 98 valence electrons. The van der Waals surface area contributed by atoms with Gasteiger partial charge in [-0.15, -0.1) is 0 Å². The Bertz CT molecular complexity index is 465. The Hall–Kier alpha value is -1.92. The maximum atomic E-state index is 10.9. The minimum atomic E-state index is -0.495. The van der Waals surface area contributed by atoms with Crippen molar-refractivity contribution in [2.24, 2.45) is 11.8 Å². The van der Waals surface area contributed by atoms with Crippen LogP contribution in [0.1, 0.15) is 26.7 Å². The predicted octanol–water partition coefficient (Wildman–Crippen LogP) is 1.81. The summed E-state index contributed by atoms with van der Waals surface area (Å²) in [7, 11) is 0. The Labute approximate surface area is 105 Å². The number of hydrogen-bond donors (Lipinski definition) is 2. The lowest BCUT2D eigenvalue weighted by Crippen LogP contribution is -2.25. The Morgan fingerprint density at radius 1 is 1.50 bits per heavy atom. The standard InChI is InChI=1S/C11H17N5O2/c1-6-3-4-8(7(6)2)14-10-9(16(17)18)5-13-11(12)15-10/h5-8H,3-4H2,1-2H3,(H3,12,13,14,15). The van der Waals surface area contributed by atoms with E-state index in [9.17, 15) is 10.1 Å². The van der Waals surface area contributed by atoms with Gasteiger partial charge in [0.05, 0.1) is 4.92 Å². The summed E-state index contributed by atoms with van der Waals surface area (Å²) in [6.45, 7) is 4.33. The summed E-state index contributed by atoms with van der Waals surface area (Å²) in [5.41, 5.74) is 5.35. The molecule has 1 aliphatic rings. The first kappa shape index (κ1) is 12.5. The van der Waals surface area contributed by atoms with Crippen molar-refractivity contribution >= 4 is 17.5 Å². The molecule has 0 radical (unpaired) electrons. The Morgan fingerprint density at radius 3 is 2.78 bits per heavy atom. The van der Waals surface area contributed by atoms with Crippen molar-refractivity contribution in [1.82, 2.24) is 9.97 Å². The molecule has 3 atom stereocenters. The number of nitro groups is 1. The SMILES string of the molecule is CC1CCC(Nc2nc(N)ncc2[N+](=O)[O-])C1C. The first-order valence-corrected chi connectivity index (χ1v) is 6.02. The lowest BCUT2D eigenvalue weighted by molar-refractivity contribution is -0.384. The number of anilines is 2. The molecule has 1 saturated carbocycles. The fraction of sp³-hybridized carbons (Fsp3) is 0.636. The largest absolute Gasteiger partial charge is 0.368 e. The molecule has 1 aromatic heterocycles. The molecule has 3 N–H and O–H groups in total. The smallest absolute Gasteiger partial charge is 0.329 e. The molecule has 1 aromatic rings. The fourth-order valence-electron chi connectivity index (χ4n) is 2.37. The highest BCUT2D eigenvalue weighted by atomic mass is 16.6. The minimum absolute atomic E-state index is 0.0433. The summed E-state index contributed by atoms with van der Waals surface area (Å²) in [5.74, 6) is 1.33. The molecule has 7 nitrogen and oxygen atoms in total. The third kappa shape index (κ3) is 2.34. The number of nitrogens with one attached hydrogen (secondary N) is 1. The van der Waals surface area contributed by atoms with Crippen LogP contribution in [0.2, 0.25) is 0 Å². The second kappa shape index (κ2) is 4.75. The lowest BCUT2D eigenvalue weighted by atomic mass is 9.98. The number of aromatic nitrogens is 2. The van der Waals surface area contributed by atoms with Gasteiger partial charge in [-0.3, -0.25) is 10.1 Å². The van der Waals surface area contributed by atoms with Gasteiger partial charge in [0.1, 0.15) is 6.20 Å². The average molecular weight is 251 g/mol. The molecule has 0 aliphatic heterocycles. The average Bonchev–Trinajstić information content (AvgIpc) is 2.61. The van der Waals surface area contributed by atoms with E-state index in [-0.39, 0.29) is 23.5 Å². The molecule has 0 spiro atoms. The predicted molar refractivity (Wildman–Crippen MR) is 68.1 cm³/mol. The van der Waals surface area contributed by atoms with E-state index >= 15 is 0 Å². The molecule has 0 aromatic carbocycles. The van der Waals surface area contributed by atoms with Crippen LogP contribution in [0.5, 0.6) is 0 Å². The van der Waals surface area contributed by atoms with Gasteiger partial charge in [0.2, 0.25) is 11.8 Å². The number of rotatable bonds is 3. The van der Waals surface area contributed by atoms with Crippen LogP contribution in [0.3, 0.4) is 0 Å². The Kier molecular flexibility index (Phi) is 3.31. The third-order valence-electron chi connectivity index (χ3n) is 3.77. The third-order valence-corrected chi connectivity index (χ3v) is 3.77. The number of hydrogen-bond acceptors (Lipinski definition) is 6. The fourth-order valence-corrected chi connectivity index (χ4v) is 2.37. The molecule has 18 heavy (non-hydrogen) atoms. The van der Waals surface area contributed by atoms with Gasteiger partial charge in [0, 0.05) is 6.04 Å². The topological polar surface area (TPSA) is 107 Å². The van der Waals surface area contributed by atoms with E-state index in [1.165, 1.54) is 0 Å². The number of nitrogens with zero attached hydrogens (tertiary/aromatic N) is 3. The van der Waals surface area contributed by atoms with E-state index in [2.05, 4.69) is 29.1 Å². The maximum Gasteiger partial charge on any atom is 0.329 e. The minimum Gasteiger partial charge on any atom is -0.368 e. The first-order valence-electron chi connectivity index (χ1n) is 6.02. The van der Waals surface area contributed by atoms with Gasteiger partial charge in [-0.1, -0.05) is 13.8 Å². The molecule has 1 heterocycles. The van der Waals surface area contributed by atoms with E-state index in [0.29, 0.717) is 11.8 Å². The van der Waals surface area contributed by atoms with E-state index in [0.717, 1.165) is 19.0 Å². The van der Waals surface area contributed by atoms with Gasteiger partial charge < -0.3 is 11.1 Å². The Morgan fingerprint density at radius 2 is 2.22 bits per heavy atom. The summed E-state index contributed by atoms with van der Waals surface area (Å²) in [5, 5.41) is 14.0. The molecule has 0 amide bonds. The van der Waals surface area contributed by atoms with E-state index < -0.39 is 4.92 Å². The molecule has 7 heteroatoms. The molecule has 1 aliphatic carbocycles. The molecule has 0 bridgehead atoms. The quantitative estimate of drug-likeness (QED) is 0.626. The van der Waals surface area contributed by atoms with Crippen molar-refractivity contribution in [3.05, 3.63) is 16.3 Å². The lowest BCUT2D eigenvalue weighted by Gasteiger charge is -2.19. The van der Waals surface area contributed by atoms with Crippen LogP contribution in [0.4, 0.5) is 17.5 Å². The van der Waals surface area contributed by atoms with Crippen LogP contribution in [-0.2, 0) is 0 Å². The summed E-state index contributed by atoms with van der Waals surface area (Å²) in [6, 6.07) is 0.202. The highest BCUT2D eigenvalue weighted by molar-refractivity contribution is 5.57. The second-order valence-corrected chi connectivity index (χ2v) is 4.88. The van der Waals surface area contributed by atoms with Crippen molar-refractivity contribution in [2.75, 3.05) is 11.1 Å². The Balaban J connectivity index is 2.23. The zero-order valence-corrected chi connectivity index (χ0v) is 10.5. The van der Waals surface area contributed by atoms with E-state index in [1.54, 1.807) is 0 Å². The van der Waals surface area contributed by atoms with Gasteiger partial charge in [0.15, 0.2) is 0 Å². The number of nitrogens with two attached hydrogens (primary N) is 1. The highest BCUT2D eigenvalue weighted by Crippen LogP contribution is 2.34. The van der Waals surface area contributed by atoms with Crippen LogP contribution in [0.15, 0.2) is 6.20 Å². The van der Waals surface area contributed by atoms with Crippen molar-refractivity contribution in [3.8, 4) is 0 Å². The monoisotopic (exact) mass is 251 g/mol. The van der Waals surface area contributed by atoms with Crippen molar-refractivity contribution in [3.63, 3.8) is 0 Å². The second-order valence-electron chi connectivity index (χ2n) is 4.88. The van der Waals surface area contributed by atoms with Gasteiger partial charge in [-0.25, -0.2) is 4.98 Å². The van der Waals surface area contributed by atoms with Crippen LogP contribution in [0.25, 0.3) is 0 Å². The van der Waals surface area contributed by atoms with Crippen molar-refractivity contribution < 1.29 is 4.92 Å². The highest BCUT2D eigenvalue weighted by Gasteiger charge is 2.31.